The van der Waals surface area contributed by atoms with Crippen LogP contribution in [0.5, 0.6) is 0 Å². The van der Waals surface area contributed by atoms with Gasteiger partial charge in [-0.3, -0.25) is 4.98 Å². The minimum atomic E-state index is -0.480. The first-order valence-electron chi connectivity index (χ1n) is 9.09. The fourth-order valence-electron chi connectivity index (χ4n) is 3.42. The molecule has 0 unspecified atom stereocenters. The van der Waals surface area contributed by atoms with E-state index >= 15 is 0 Å². The van der Waals surface area contributed by atoms with E-state index in [0.717, 1.165) is 5.69 Å². The Morgan fingerprint density at radius 3 is 2.43 bits per heavy atom. The first-order chi connectivity index (χ1) is 13.7. The lowest BCUT2D eigenvalue weighted by atomic mass is 9.98. The van der Waals surface area contributed by atoms with Crippen molar-refractivity contribution >= 4 is 6.09 Å². The van der Waals surface area contributed by atoms with Crippen LogP contribution in [0, 0.1) is 18.8 Å². The minimum Gasteiger partial charge on any atom is -0.449 e. The number of amides is 1. The van der Waals surface area contributed by atoms with Gasteiger partial charge < -0.3 is 10.1 Å². The molecule has 0 spiro atoms. The molecule has 0 fully saturated rings. The van der Waals surface area contributed by atoms with Crippen LogP contribution in [0.3, 0.4) is 0 Å². The number of hydrogen-bond acceptors (Lipinski definition) is 4. The molecule has 1 amide bonds. The smallest absolute Gasteiger partial charge is 0.407 e. The molecule has 0 atom stereocenters. The van der Waals surface area contributed by atoms with E-state index in [1.807, 2.05) is 31.2 Å². The van der Waals surface area contributed by atoms with Gasteiger partial charge in [0.25, 0.3) is 0 Å². The number of nitrogens with one attached hydrogen (secondary N) is 1. The zero-order chi connectivity index (χ0) is 19.3. The van der Waals surface area contributed by atoms with Crippen molar-refractivity contribution < 1.29 is 9.53 Å². The van der Waals surface area contributed by atoms with E-state index in [0.29, 0.717) is 5.69 Å². The van der Waals surface area contributed by atoms with Gasteiger partial charge in [0.1, 0.15) is 12.3 Å². The maximum absolute atomic E-state index is 12.1. The Hall–Kier alpha value is -3.65. The number of ether oxygens (including phenoxy) is 1. The molecule has 4 rings (SSSR count). The Bertz CT molecular complexity index is 1040. The quantitative estimate of drug-likeness (QED) is 0.716. The van der Waals surface area contributed by atoms with Crippen LogP contribution in [0.15, 0.2) is 60.9 Å². The van der Waals surface area contributed by atoms with Crippen molar-refractivity contribution in [3.05, 3.63) is 83.4 Å². The van der Waals surface area contributed by atoms with Crippen molar-refractivity contribution in [3.63, 3.8) is 0 Å². The molecule has 0 saturated carbocycles. The molecule has 0 bridgehead atoms. The predicted octanol–water partition coefficient (Wildman–Crippen LogP) is 3.68. The first-order valence-corrected chi connectivity index (χ1v) is 9.09. The van der Waals surface area contributed by atoms with E-state index in [-0.39, 0.29) is 19.1 Å². The Balaban J connectivity index is 1.35. The molecule has 5 heteroatoms. The minimum absolute atomic E-state index is 0.0480. The van der Waals surface area contributed by atoms with Crippen LogP contribution in [0.4, 0.5) is 4.79 Å². The molecule has 5 nitrogen and oxygen atoms in total. The molecule has 1 heterocycles. The molecule has 1 N–H and O–H groups in total. The van der Waals surface area contributed by atoms with Gasteiger partial charge in [-0.2, -0.15) is 0 Å². The highest BCUT2D eigenvalue weighted by molar-refractivity contribution is 5.79. The first kappa shape index (κ1) is 17.7. The average molecular weight is 369 g/mol. The monoisotopic (exact) mass is 369 g/mol. The Morgan fingerprint density at radius 1 is 1.07 bits per heavy atom. The van der Waals surface area contributed by atoms with Crippen molar-refractivity contribution in [2.75, 3.05) is 13.2 Å². The zero-order valence-electron chi connectivity index (χ0n) is 15.5. The van der Waals surface area contributed by atoms with Gasteiger partial charge in [-0.05, 0) is 35.1 Å². The van der Waals surface area contributed by atoms with Crippen molar-refractivity contribution in [1.29, 1.82) is 0 Å². The van der Waals surface area contributed by atoms with Crippen LogP contribution >= 0.6 is 0 Å². The van der Waals surface area contributed by atoms with E-state index in [4.69, 9.17) is 4.74 Å². The number of aromatic nitrogens is 2. The number of aryl methyl sites for hydroxylation is 1. The fraction of sp³-hybridized carbons (Fsp3) is 0.174. The standard InChI is InChI=1S/C23H19N3O2/c1-16-13-24-14-17(26-16)7-6-12-25-23(27)28-15-22-20-10-4-2-8-18(20)19-9-3-5-11-21(19)22/h2-5,8-11,13-14,22H,12,15H2,1H3,(H,25,27). The van der Waals surface area contributed by atoms with Gasteiger partial charge >= 0.3 is 6.09 Å². The molecular weight excluding hydrogens is 350 g/mol. The molecule has 0 saturated heterocycles. The molecular formula is C23H19N3O2. The molecule has 1 aliphatic rings. The van der Waals surface area contributed by atoms with Crippen LogP contribution < -0.4 is 5.32 Å². The summed E-state index contributed by atoms with van der Waals surface area (Å²) in [6.07, 6.45) is 2.78. The van der Waals surface area contributed by atoms with E-state index in [1.165, 1.54) is 22.3 Å². The van der Waals surface area contributed by atoms with E-state index in [2.05, 4.69) is 51.4 Å². The lowest BCUT2D eigenvalue weighted by Gasteiger charge is -2.14. The van der Waals surface area contributed by atoms with Crippen LogP contribution in [0.2, 0.25) is 0 Å². The maximum atomic E-state index is 12.1. The number of hydrogen-bond donors (Lipinski definition) is 1. The van der Waals surface area contributed by atoms with E-state index in [9.17, 15) is 4.79 Å². The summed E-state index contributed by atoms with van der Waals surface area (Å²) >= 11 is 0. The largest absolute Gasteiger partial charge is 0.449 e. The summed E-state index contributed by atoms with van der Waals surface area (Å²) in [4.78, 5) is 20.3. The van der Waals surface area contributed by atoms with Crippen LogP contribution in [-0.4, -0.2) is 29.2 Å². The van der Waals surface area contributed by atoms with E-state index < -0.39 is 6.09 Å². The summed E-state index contributed by atoms with van der Waals surface area (Å²) in [5, 5.41) is 2.66. The van der Waals surface area contributed by atoms with Gasteiger partial charge in [0.2, 0.25) is 0 Å². The molecule has 138 valence electrons. The number of carbonyl (C=O) groups is 1. The number of carbonyl (C=O) groups excluding carboxylic acids is 1. The second-order valence-corrected chi connectivity index (χ2v) is 6.53. The molecule has 1 aromatic heterocycles. The highest BCUT2D eigenvalue weighted by Gasteiger charge is 2.28. The summed E-state index contributed by atoms with van der Waals surface area (Å²) in [6, 6.07) is 16.5. The van der Waals surface area contributed by atoms with Crippen molar-refractivity contribution in [2.45, 2.75) is 12.8 Å². The average Bonchev–Trinajstić information content (AvgIpc) is 3.04. The predicted molar refractivity (Wildman–Crippen MR) is 107 cm³/mol. The molecule has 2 aromatic carbocycles. The Morgan fingerprint density at radius 2 is 1.75 bits per heavy atom. The Labute approximate surface area is 163 Å². The number of nitrogens with zero attached hydrogens (tertiary/aromatic N) is 2. The highest BCUT2D eigenvalue weighted by atomic mass is 16.5. The molecule has 3 aromatic rings. The van der Waals surface area contributed by atoms with Gasteiger partial charge in [-0.15, -0.1) is 0 Å². The van der Waals surface area contributed by atoms with Gasteiger partial charge in [0.05, 0.1) is 18.4 Å². The zero-order valence-corrected chi connectivity index (χ0v) is 15.5. The van der Waals surface area contributed by atoms with Crippen molar-refractivity contribution in [1.82, 2.24) is 15.3 Å². The lowest BCUT2D eigenvalue weighted by Crippen LogP contribution is -2.26. The molecule has 0 aliphatic heterocycles. The Kier molecular flexibility index (Phi) is 5.03. The fourth-order valence-corrected chi connectivity index (χ4v) is 3.42. The van der Waals surface area contributed by atoms with E-state index in [1.54, 1.807) is 12.4 Å². The SMILES string of the molecule is Cc1cncc(C#CCNC(=O)OCC2c3ccccc3-c3ccccc32)n1. The number of fused-ring (bicyclic) bond motifs is 3. The summed E-state index contributed by atoms with van der Waals surface area (Å²) < 4.78 is 5.47. The van der Waals surface area contributed by atoms with Gasteiger partial charge in [-0.25, -0.2) is 9.78 Å². The molecule has 28 heavy (non-hydrogen) atoms. The second-order valence-electron chi connectivity index (χ2n) is 6.53. The maximum Gasteiger partial charge on any atom is 0.407 e. The molecule has 0 radical (unpaired) electrons. The topological polar surface area (TPSA) is 64.1 Å². The third-order valence-electron chi connectivity index (χ3n) is 4.64. The highest BCUT2D eigenvalue weighted by Crippen LogP contribution is 2.44. The third kappa shape index (κ3) is 3.72. The number of benzene rings is 2. The number of rotatable bonds is 3. The summed E-state index contributed by atoms with van der Waals surface area (Å²) in [5.41, 5.74) is 6.17. The normalized spacial score (nSPS) is 11.8. The van der Waals surface area contributed by atoms with Crippen molar-refractivity contribution in [2.24, 2.45) is 0 Å². The van der Waals surface area contributed by atoms with Gasteiger partial charge in [0, 0.05) is 12.1 Å². The third-order valence-corrected chi connectivity index (χ3v) is 4.64. The van der Waals surface area contributed by atoms with Crippen LogP contribution in [0.25, 0.3) is 11.1 Å². The van der Waals surface area contributed by atoms with Crippen LogP contribution in [0.1, 0.15) is 28.4 Å². The second kappa shape index (κ2) is 7.93. The van der Waals surface area contributed by atoms with Crippen molar-refractivity contribution in [3.8, 4) is 23.0 Å². The van der Waals surface area contributed by atoms with Gasteiger partial charge in [0.15, 0.2) is 0 Å². The lowest BCUT2D eigenvalue weighted by molar-refractivity contribution is 0.144. The molecule has 1 aliphatic carbocycles. The summed E-state index contributed by atoms with van der Waals surface area (Å²) in [6.45, 7) is 2.33. The number of alkyl carbamates (subject to hydrolysis) is 1. The van der Waals surface area contributed by atoms with Gasteiger partial charge in [-0.1, -0.05) is 54.5 Å². The summed E-state index contributed by atoms with van der Waals surface area (Å²) in [5.74, 6) is 5.77. The van der Waals surface area contributed by atoms with Crippen LogP contribution in [-0.2, 0) is 4.74 Å². The summed E-state index contributed by atoms with van der Waals surface area (Å²) in [7, 11) is 0.